The summed E-state index contributed by atoms with van der Waals surface area (Å²) in [6, 6.07) is 6.62. The van der Waals surface area contributed by atoms with E-state index in [0.29, 0.717) is 37.7 Å². The Morgan fingerprint density at radius 2 is 2.03 bits per heavy atom. The summed E-state index contributed by atoms with van der Waals surface area (Å²) >= 11 is 1.38. The number of halogens is 1. The number of anilines is 1. The monoisotopic (exact) mass is 421 g/mol. The number of aromatic nitrogens is 3. The SMILES string of the molecule is CC(C)Cn1c(SCC(=O)NCCc2ccccc2F)nnc1N1CCOCC1. The van der Waals surface area contributed by atoms with Gasteiger partial charge in [0, 0.05) is 26.2 Å². The summed E-state index contributed by atoms with van der Waals surface area (Å²) in [5.74, 6) is 1.17. The van der Waals surface area contributed by atoms with E-state index < -0.39 is 0 Å². The highest BCUT2D eigenvalue weighted by atomic mass is 32.2. The molecule has 1 aliphatic rings. The number of thioether (sulfide) groups is 1. The van der Waals surface area contributed by atoms with E-state index in [-0.39, 0.29) is 17.5 Å². The first-order valence-corrected chi connectivity index (χ1v) is 10.9. The molecule has 0 atom stereocenters. The van der Waals surface area contributed by atoms with Crippen LogP contribution < -0.4 is 10.2 Å². The Bertz CT molecular complexity index is 808. The van der Waals surface area contributed by atoms with Gasteiger partial charge >= 0.3 is 0 Å². The van der Waals surface area contributed by atoms with Crippen LogP contribution in [-0.4, -0.2) is 59.3 Å². The second kappa shape index (κ2) is 10.6. The van der Waals surface area contributed by atoms with Crippen molar-refractivity contribution < 1.29 is 13.9 Å². The van der Waals surface area contributed by atoms with Crippen molar-refractivity contribution >= 4 is 23.6 Å². The zero-order chi connectivity index (χ0) is 20.6. The van der Waals surface area contributed by atoms with Crippen LogP contribution in [0.15, 0.2) is 29.4 Å². The molecule has 1 aromatic heterocycles. The van der Waals surface area contributed by atoms with Crippen molar-refractivity contribution in [3.05, 3.63) is 35.6 Å². The first-order valence-electron chi connectivity index (χ1n) is 9.93. The van der Waals surface area contributed by atoms with Gasteiger partial charge in [0.2, 0.25) is 11.9 Å². The number of hydrogen-bond donors (Lipinski definition) is 1. The average Bonchev–Trinajstić information content (AvgIpc) is 3.10. The molecule has 1 aliphatic heterocycles. The Morgan fingerprint density at radius 3 is 2.76 bits per heavy atom. The van der Waals surface area contributed by atoms with Crippen LogP contribution in [-0.2, 0) is 22.5 Å². The molecule has 0 saturated carbocycles. The Morgan fingerprint density at radius 1 is 1.28 bits per heavy atom. The fourth-order valence-corrected chi connectivity index (χ4v) is 3.90. The third-order valence-corrected chi connectivity index (χ3v) is 5.51. The van der Waals surface area contributed by atoms with Crippen LogP contribution in [0.5, 0.6) is 0 Å². The summed E-state index contributed by atoms with van der Waals surface area (Å²) in [4.78, 5) is 14.4. The van der Waals surface area contributed by atoms with Gasteiger partial charge < -0.3 is 15.0 Å². The summed E-state index contributed by atoms with van der Waals surface area (Å²) in [5, 5.41) is 12.3. The second-order valence-electron chi connectivity index (χ2n) is 7.37. The molecule has 1 saturated heterocycles. The summed E-state index contributed by atoms with van der Waals surface area (Å²) in [6.45, 7) is 8.42. The highest BCUT2D eigenvalue weighted by Gasteiger charge is 2.21. The molecule has 9 heteroatoms. The Hall–Kier alpha value is -2.13. The van der Waals surface area contributed by atoms with Crippen LogP contribution in [0.4, 0.5) is 10.3 Å². The Kier molecular flexibility index (Phi) is 7.88. The van der Waals surface area contributed by atoms with E-state index in [2.05, 4.69) is 38.8 Å². The quantitative estimate of drug-likeness (QED) is 0.627. The lowest BCUT2D eigenvalue weighted by Crippen LogP contribution is -2.38. The minimum atomic E-state index is -0.242. The molecular weight excluding hydrogens is 393 g/mol. The van der Waals surface area contributed by atoms with Crippen molar-refractivity contribution in [2.45, 2.75) is 32.0 Å². The molecule has 1 N–H and O–H groups in total. The van der Waals surface area contributed by atoms with Gasteiger partial charge in [0.25, 0.3) is 0 Å². The normalized spacial score (nSPS) is 14.4. The minimum absolute atomic E-state index is 0.0987. The number of amides is 1. The Labute approximate surface area is 175 Å². The van der Waals surface area contributed by atoms with Crippen molar-refractivity contribution in [1.29, 1.82) is 0 Å². The number of hydrogen-bond acceptors (Lipinski definition) is 6. The predicted octanol–water partition coefficient (Wildman–Crippen LogP) is 2.36. The molecule has 0 radical (unpaired) electrons. The number of ether oxygens (including phenoxy) is 1. The molecule has 29 heavy (non-hydrogen) atoms. The average molecular weight is 422 g/mol. The molecule has 0 aliphatic carbocycles. The maximum atomic E-state index is 13.6. The summed E-state index contributed by atoms with van der Waals surface area (Å²) < 4.78 is 21.2. The topological polar surface area (TPSA) is 72.3 Å². The minimum Gasteiger partial charge on any atom is -0.378 e. The van der Waals surface area contributed by atoms with Gasteiger partial charge in [0.05, 0.1) is 19.0 Å². The molecule has 0 unspecified atom stereocenters. The highest BCUT2D eigenvalue weighted by Crippen LogP contribution is 2.24. The number of carbonyl (C=O) groups is 1. The standard InChI is InChI=1S/C20H28FN5O2S/c1-15(2)13-26-19(25-9-11-28-12-10-25)23-24-20(26)29-14-18(27)22-8-7-16-5-3-4-6-17(16)21/h3-6,15H,7-14H2,1-2H3,(H,22,27). The number of nitrogens with one attached hydrogen (secondary N) is 1. The smallest absolute Gasteiger partial charge is 0.230 e. The van der Waals surface area contributed by atoms with Crippen molar-refractivity contribution in [3.8, 4) is 0 Å². The van der Waals surface area contributed by atoms with Gasteiger partial charge in [-0.05, 0) is 24.0 Å². The number of rotatable bonds is 9. The molecule has 3 rings (SSSR count). The fourth-order valence-electron chi connectivity index (χ4n) is 3.13. The number of carbonyl (C=O) groups excluding carboxylic acids is 1. The number of nitrogens with zero attached hydrogens (tertiary/aromatic N) is 4. The predicted molar refractivity (Wildman–Crippen MR) is 112 cm³/mol. The van der Waals surface area contributed by atoms with Crippen LogP contribution in [0.1, 0.15) is 19.4 Å². The third-order valence-electron chi connectivity index (χ3n) is 4.55. The lowest BCUT2D eigenvalue weighted by Gasteiger charge is -2.28. The first-order chi connectivity index (χ1) is 14.0. The van der Waals surface area contributed by atoms with E-state index in [0.717, 1.165) is 30.7 Å². The molecular formula is C20H28FN5O2S. The van der Waals surface area contributed by atoms with Gasteiger partial charge in [0.15, 0.2) is 5.16 Å². The lowest BCUT2D eigenvalue weighted by molar-refractivity contribution is -0.118. The summed E-state index contributed by atoms with van der Waals surface area (Å²) in [7, 11) is 0. The Balaban J connectivity index is 1.54. The van der Waals surface area contributed by atoms with Gasteiger partial charge in [-0.3, -0.25) is 9.36 Å². The van der Waals surface area contributed by atoms with Crippen molar-refractivity contribution in [3.63, 3.8) is 0 Å². The number of benzene rings is 1. The van der Waals surface area contributed by atoms with Gasteiger partial charge in [-0.25, -0.2) is 4.39 Å². The van der Waals surface area contributed by atoms with Crippen LogP contribution in [0.25, 0.3) is 0 Å². The van der Waals surface area contributed by atoms with Crippen LogP contribution in [0.2, 0.25) is 0 Å². The molecule has 1 fully saturated rings. The molecule has 0 spiro atoms. The molecule has 7 nitrogen and oxygen atoms in total. The molecule has 158 valence electrons. The van der Waals surface area contributed by atoms with E-state index in [1.807, 2.05) is 0 Å². The van der Waals surface area contributed by atoms with Gasteiger partial charge in [-0.15, -0.1) is 10.2 Å². The largest absolute Gasteiger partial charge is 0.378 e. The maximum absolute atomic E-state index is 13.6. The van der Waals surface area contributed by atoms with E-state index >= 15 is 0 Å². The molecule has 2 heterocycles. The summed E-state index contributed by atoms with van der Waals surface area (Å²) in [5.41, 5.74) is 0.604. The van der Waals surface area contributed by atoms with Gasteiger partial charge in [-0.1, -0.05) is 43.8 Å². The zero-order valence-electron chi connectivity index (χ0n) is 16.9. The first kappa shape index (κ1) is 21.6. The van der Waals surface area contributed by atoms with E-state index in [1.54, 1.807) is 18.2 Å². The van der Waals surface area contributed by atoms with E-state index in [1.165, 1.54) is 17.8 Å². The van der Waals surface area contributed by atoms with Crippen molar-refractivity contribution in [2.75, 3.05) is 43.5 Å². The lowest BCUT2D eigenvalue weighted by atomic mass is 10.1. The maximum Gasteiger partial charge on any atom is 0.230 e. The molecule has 1 aromatic carbocycles. The molecule has 0 bridgehead atoms. The van der Waals surface area contributed by atoms with Crippen LogP contribution in [0, 0.1) is 11.7 Å². The van der Waals surface area contributed by atoms with E-state index in [9.17, 15) is 9.18 Å². The van der Waals surface area contributed by atoms with Gasteiger partial charge in [0.1, 0.15) is 5.82 Å². The van der Waals surface area contributed by atoms with Crippen LogP contribution in [0.3, 0.4) is 0 Å². The summed E-state index contributed by atoms with van der Waals surface area (Å²) in [6.07, 6.45) is 0.466. The van der Waals surface area contributed by atoms with Gasteiger partial charge in [-0.2, -0.15) is 0 Å². The fraction of sp³-hybridized carbons (Fsp3) is 0.550. The third kappa shape index (κ3) is 6.17. The zero-order valence-corrected chi connectivity index (χ0v) is 17.8. The van der Waals surface area contributed by atoms with Crippen molar-refractivity contribution in [2.24, 2.45) is 5.92 Å². The van der Waals surface area contributed by atoms with E-state index in [4.69, 9.17) is 4.74 Å². The van der Waals surface area contributed by atoms with Crippen LogP contribution >= 0.6 is 11.8 Å². The molecule has 2 aromatic rings. The highest BCUT2D eigenvalue weighted by molar-refractivity contribution is 7.99. The second-order valence-corrected chi connectivity index (χ2v) is 8.31. The van der Waals surface area contributed by atoms with Crippen molar-refractivity contribution in [1.82, 2.24) is 20.1 Å². The molecule has 1 amide bonds. The number of morpholine rings is 1.